The second-order valence-corrected chi connectivity index (χ2v) is 4.53. The molecule has 7 nitrogen and oxygen atoms in total. The van der Waals surface area contributed by atoms with Crippen molar-refractivity contribution >= 4 is 27.4 Å². The first kappa shape index (κ1) is 12.5. The number of anilines is 1. The quantitative estimate of drug-likeness (QED) is 0.690. The number of nitrogens with zero attached hydrogens (tertiary/aromatic N) is 4. The molecular weight excluding hydrogens is 302 g/mol. The van der Waals surface area contributed by atoms with E-state index in [9.17, 15) is 10.1 Å². The summed E-state index contributed by atoms with van der Waals surface area (Å²) in [5, 5.41) is 17.9. The molecule has 0 saturated carbocycles. The van der Waals surface area contributed by atoms with Crippen molar-refractivity contribution in [1.82, 2.24) is 14.8 Å². The molecule has 18 heavy (non-hydrogen) atoms. The number of hydrogen-bond donors (Lipinski definition) is 1. The summed E-state index contributed by atoms with van der Waals surface area (Å²) in [5.41, 5.74) is 0.719. The molecule has 0 fully saturated rings. The molecule has 0 aliphatic carbocycles. The van der Waals surface area contributed by atoms with E-state index in [1.54, 1.807) is 10.9 Å². The standard InChI is InChI=1S/C10H10BrN5O2/c1-15-3-2-8(14-15)6-13-10-9(16(17)18)4-7(11)5-12-10/h2-5H,6H2,1H3,(H,12,13). The molecule has 0 radical (unpaired) electrons. The topological polar surface area (TPSA) is 85.9 Å². The molecule has 0 unspecified atom stereocenters. The average molecular weight is 312 g/mol. The SMILES string of the molecule is Cn1ccc(CNc2ncc(Br)cc2[N+](=O)[O-])n1. The van der Waals surface area contributed by atoms with Crippen LogP contribution in [0, 0.1) is 10.1 Å². The lowest BCUT2D eigenvalue weighted by molar-refractivity contribution is -0.384. The molecule has 8 heteroatoms. The van der Waals surface area contributed by atoms with Crippen molar-refractivity contribution in [3.05, 3.63) is 44.8 Å². The predicted molar refractivity (Wildman–Crippen MR) is 69.1 cm³/mol. The van der Waals surface area contributed by atoms with Crippen LogP contribution < -0.4 is 5.32 Å². The fraction of sp³-hybridized carbons (Fsp3) is 0.200. The molecule has 2 aromatic rings. The van der Waals surface area contributed by atoms with E-state index in [0.717, 1.165) is 5.69 Å². The Morgan fingerprint density at radius 3 is 3.00 bits per heavy atom. The van der Waals surface area contributed by atoms with Gasteiger partial charge in [0.2, 0.25) is 5.82 Å². The van der Waals surface area contributed by atoms with Gasteiger partial charge in [0.1, 0.15) is 0 Å². The molecule has 0 amide bonds. The Kier molecular flexibility index (Phi) is 3.56. The van der Waals surface area contributed by atoms with Gasteiger partial charge in [-0.25, -0.2) is 4.98 Å². The highest BCUT2D eigenvalue weighted by Crippen LogP contribution is 2.25. The Morgan fingerprint density at radius 2 is 2.39 bits per heavy atom. The van der Waals surface area contributed by atoms with E-state index < -0.39 is 4.92 Å². The summed E-state index contributed by atoms with van der Waals surface area (Å²) in [6.45, 7) is 0.385. The van der Waals surface area contributed by atoms with Crippen LogP contribution in [-0.4, -0.2) is 19.7 Å². The number of pyridine rings is 1. The molecule has 2 aromatic heterocycles. The maximum atomic E-state index is 10.9. The predicted octanol–water partition coefficient (Wildman–Crippen LogP) is 2.10. The molecule has 0 atom stereocenters. The number of rotatable bonds is 4. The molecule has 2 heterocycles. The summed E-state index contributed by atoms with van der Waals surface area (Å²) in [6, 6.07) is 3.24. The van der Waals surface area contributed by atoms with Crippen LogP contribution in [0.2, 0.25) is 0 Å². The van der Waals surface area contributed by atoms with E-state index in [1.165, 1.54) is 12.3 Å². The summed E-state index contributed by atoms with van der Waals surface area (Å²) in [4.78, 5) is 14.4. The second kappa shape index (κ2) is 5.13. The van der Waals surface area contributed by atoms with Crippen molar-refractivity contribution in [2.24, 2.45) is 7.05 Å². The monoisotopic (exact) mass is 311 g/mol. The molecule has 0 aliphatic rings. The third-order valence-electron chi connectivity index (χ3n) is 2.24. The van der Waals surface area contributed by atoms with Crippen LogP contribution in [-0.2, 0) is 13.6 Å². The normalized spacial score (nSPS) is 10.3. The smallest absolute Gasteiger partial charge is 0.312 e. The van der Waals surface area contributed by atoms with Crippen LogP contribution in [0.4, 0.5) is 11.5 Å². The highest BCUT2D eigenvalue weighted by Gasteiger charge is 2.15. The summed E-state index contributed by atoms with van der Waals surface area (Å²) >= 11 is 3.15. The molecule has 0 aliphatic heterocycles. The van der Waals surface area contributed by atoms with Gasteiger partial charge in [-0.05, 0) is 22.0 Å². The summed E-state index contributed by atoms with van der Waals surface area (Å²) in [7, 11) is 1.81. The van der Waals surface area contributed by atoms with E-state index in [1.807, 2.05) is 13.1 Å². The Hall–Kier alpha value is -1.96. The fourth-order valence-corrected chi connectivity index (χ4v) is 1.75. The van der Waals surface area contributed by atoms with E-state index in [4.69, 9.17) is 0 Å². The van der Waals surface area contributed by atoms with Crippen molar-refractivity contribution in [1.29, 1.82) is 0 Å². The Bertz CT molecular complexity index is 583. The van der Waals surface area contributed by atoms with Crippen LogP contribution in [0.1, 0.15) is 5.69 Å². The number of nitro groups is 1. The molecule has 0 spiro atoms. The van der Waals surface area contributed by atoms with Crippen LogP contribution in [0.5, 0.6) is 0 Å². The van der Waals surface area contributed by atoms with E-state index in [0.29, 0.717) is 11.0 Å². The van der Waals surface area contributed by atoms with Crippen molar-refractivity contribution in [3.63, 3.8) is 0 Å². The first-order valence-corrected chi connectivity index (χ1v) is 5.88. The number of nitrogens with one attached hydrogen (secondary N) is 1. The highest BCUT2D eigenvalue weighted by atomic mass is 79.9. The van der Waals surface area contributed by atoms with Gasteiger partial charge in [0.15, 0.2) is 0 Å². The number of aryl methyl sites for hydroxylation is 1. The minimum Gasteiger partial charge on any atom is -0.359 e. The van der Waals surface area contributed by atoms with Crippen molar-refractivity contribution in [2.75, 3.05) is 5.32 Å². The summed E-state index contributed by atoms with van der Waals surface area (Å²) < 4.78 is 2.23. The van der Waals surface area contributed by atoms with Crippen LogP contribution in [0.3, 0.4) is 0 Å². The van der Waals surface area contributed by atoms with Crippen LogP contribution in [0.25, 0.3) is 0 Å². The van der Waals surface area contributed by atoms with E-state index >= 15 is 0 Å². The molecule has 0 aromatic carbocycles. The van der Waals surface area contributed by atoms with Gasteiger partial charge < -0.3 is 5.32 Å². The van der Waals surface area contributed by atoms with Gasteiger partial charge in [0.25, 0.3) is 0 Å². The van der Waals surface area contributed by atoms with E-state index in [2.05, 4.69) is 31.3 Å². The maximum Gasteiger partial charge on any atom is 0.312 e. The average Bonchev–Trinajstić information content (AvgIpc) is 2.73. The Morgan fingerprint density at radius 1 is 1.61 bits per heavy atom. The number of halogens is 1. The van der Waals surface area contributed by atoms with Gasteiger partial charge in [-0.2, -0.15) is 5.10 Å². The molecule has 2 rings (SSSR count). The highest BCUT2D eigenvalue weighted by molar-refractivity contribution is 9.10. The van der Waals surface area contributed by atoms with Crippen molar-refractivity contribution in [2.45, 2.75) is 6.54 Å². The van der Waals surface area contributed by atoms with Crippen LogP contribution in [0.15, 0.2) is 29.0 Å². The van der Waals surface area contributed by atoms with E-state index in [-0.39, 0.29) is 11.5 Å². The molecule has 0 saturated heterocycles. The molecule has 0 bridgehead atoms. The van der Waals surface area contributed by atoms with Gasteiger partial charge in [-0.3, -0.25) is 14.8 Å². The zero-order valence-corrected chi connectivity index (χ0v) is 11.1. The second-order valence-electron chi connectivity index (χ2n) is 3.61. The van der Waals surface area contributed by atoms with Gasteiger partial charge >= 0.3 is 5.69 Å². The third-order valence-corrected chi connectivity index (χ3v) is 2.67. The van der Waals surface area contributed by atoms with Gasteiger partial charge in [-0.15, -0.1) is 0 Å². The molecular formula is C10H10BrN5O2. The van der Waals surface area contributed by atoms with Crippen molar-refractivity contribution in [3.8, 4) is 0 Å². The van der Waals surface area contributed by atoms with Crippen LogP contribution >= 0.6 is 15.9 Å². The zero-order valence-electron chi connectivity index (χ0n) is 9.50. The Balaban J connectivity index is 2.16. The maximum absolute atomic E-state index is 10.9. The summed E-state index contributed by atoms with van der Waals surface area (Å²) in [5.74, 6) is 0.230. The van der Waals surface area contributed by atoms with Gasteiger partial charge in [-0.1, -0.05) is 0 Å². The lowest BCUT2D eigenvalue weighted by Gasteiger charge is -2.04. The van der Waals surface area contributed by atoms with Gasteiger partial charge in [0, 0.05) is 30.0 Å². The lowest BCUT2D eigenvalue weighted by Crippen LogP contribution is -2.05. The minimum absolute atomic E-state index is 0.0692. The largest absolute Gasteiger partial charge is 0.359 e. The first-order valence-electron chi connectivity index (χ1n) is 5.08. The number of aromatic nitrogens is 3. The first-order chi connectivity index (χ1) is 8.56. The Labute approximate surface area is 111 Å². The minimum atomic E-state index is -0.474. The van der Waals surface area contributed by atoms with Crippen molar-refractivity contribution < 1.29 is 4.92 Å². The summed E-state index contributed by atoms with van der Waals surface area (Å²) in [6.07, 6.45) is 3.31. The molecule has 1 N–H and O–H groups in total. The molecule has 94 valence electrons. The number of hydrogen-bond acceptors (Lipinski definition) is 5. The fourth-order valence-electron chi connectivity index (χ4n) is 1.44. The zero-order chi connectivity index (χ0) is 13.1. The lowest BCUT2D eigenvalue weighted by atomic mass is 10.3. The third kappa shape index (κ3) is 2.83. The van der Waals surface area contributed by atoms with Gasteiger partial charge in [0.05, 0.1) is 17.2 Å².